The molecule has 2 aromatic rings. The molecule has 27 heavy (non-hydrogen) atoms. The molecule has 0 fully saturated rings. The number of halogens is 1. The third-order valence-corrected chi connectivity index (χ3v) is 4.18. The van der Waals surface area contributed by atoms with Gasteiger partial charge < -0.3 is 15.3 Å². The monoisotopic (exact) mass is 389 g/mol. The Kier molecular flexibility index (Phi) is 6.52. The summed E-state index contributed by atoms with van der Waals surface area (Å²) in [5.41, 5.74) is 1.16. The molecule has 0 radical (unpaired) electrons. The molecule has 2 rings (SSSR count). The molecule has 142 valence electrons. The molecule has 7 nitrogen and oxygen atoms in total. The molecular weight excluding hydrogens is 370 g/mol. The van der Waals surface area contributed by atoms with Crippen molar-refractivity contribution in [2.75, 3.05) is 6.61 Å². The van der Waals surface area contributed by atoms with Crippen molar-refractivity contribution in [3.05, 3.63) is 63.6 Å². The number of carbonyl (C=O) groups is 2. The molecule has 0 saturated carbocycles. The van der Waals surface area contributed by atoms with Gasteiger partial charge in [0.15, 0.2) is 5.78 Å². The zero-order chi connectivity index (χ0) is 20.1. The predicted octanol–water partition coefficient (Wildman–Crippen LogP) is 3.49. The molecule has 0 bridgehead atoms. The van der Waals surface area contributed by atoms with E-state index in [1.54, 1.807) is 6.92 Å². The van der Waals surface area contributed by atoms with E-state index < -0.39 is 24.1 Å². The minimum Gasteiger partial charge on any atom is -0.508 e. The molecule has 0 atom stereocenters. The fraction of sp³-hybridized carbons (Fsp3) is 0.263. The average molecular weight is 390 g/mol. The number of nitrogens with zero attached hydrogens (tertiary/aromatic N) is 2. The number of aliphatic hydroxyl groups excluding tert-OH is 1. The first kappa shape index (κ1) is 20.4. The lowest BCUT2D eigenvalue weighted by molar-refractivity contribution is -0.113. The molecule has 2 N–H and O–H groups in total. The van der Waals surface area contributed by atoms with Crippen molar-refractivity contribution in [3.8, 4) is 0 Å². The third kappa shape index (κ3) is 4.83. The van der Waals surface area contributed by atoms with E-state index in [0.29, 0.717) is 12.2 Å². The topological polar surface area (TPSA) is 105 Å². The van der Waals surface area contributed by atoms with Crippen LogP contribution in [0.1, 0.15) is 35.5 Å². The highest BCUT2D eigenvalue weighted by Gasteiger charge is 2.23. The van der Waals surface area contributed by atoms with Gasteiger partial charge in [0.05, 0.1) is 17.8 Å². The SMILES string of the molecule is CC(=N)/C(C(C)=O)=C(/O)COC(=O)c1c(C)nn(Cc2ccccc2)c1Cl. The standard InChI is InChI=1S/C19H20ClN3O4/c1-11(21)16(13(3)24)15(25)10-27-19(26)17-12(2)22-23(18(17)20)9-14-7-5-4-6-8-14/h4-8,21,25H,9-10H2,1-3H3/b16-15-,21-11?. The van der Waals surface area contributed by atoms with Gasteiger partial charge in [-0.25, -0.2) is 9.48 Å². The smallest absolute Gasteiger partial charge is 0.343 e. The number of aromatic nitrogens is 2. The Bertz CT molecular complexity index is 901. The minimum atomic E-state index is -0.770. The molecule has 0 aliphatic heterocycles. The highest BCUT2D eigenvalue weighted by Crippen LogP contribution is 2.22. The molecule has 1 aromatic heterocycles. The van der Waals surface area contributed by atoms with Crippen LogP contribution in [0.3, 0.4) is 0 Å². The van der Waals surface area contributed by atoms with Gasteiger partial charge in [-0.15, -0.1) is 0 Å². The maximum absolute atomic E-state index is 12.4. The number of aliphatic hydroxyl groups is 1. The summed E-state index contributed by atoms with van der Waals surface area (Å²) in [5, 5.41) is 21.9. The number of rotatable bonds is 7. The van der Waals surface area contributed by atoms with Crippen LogP contribution in [-0.4, -0.2) is 39.0 Å². The Morgan fingerprint density at radius 1 is 1.26 bits per heavy atom. The molecule has 1 aromatic carbocycles. The van der Waals surface area contributed by atoms with E-state index in [1.165, 1.54) is 18.5 Å². The lowest BCUT2D eigenvalue weighted by Gasteiger charge is -2.08. The number of hydrogen-bond acceptors (Lipinski definition) is 6. The van der Waals surface area contributed by atoms with Crippen LogP contribution in [-0.2, 0) is 16.1 Å². The second-order valence-corrected chi connectivity index (χ2v) is 6.33. The van der Waals surface area contributed by atoms with Crippen LogP contribution in [0, 0.1) is 12.3 Å². The van der Waals surface area contributed by atoms with Crippen LogP contribution in [0.5, 0.6) is 0 Å². The van der Waals surface area contributed by atoms with Gasteiger partial charge in [-0.05, 0) is 26.3 Å². The van der Waals surface area contributed by atoms with Crippen molar-refractivity contribution >= 4 is 29.1 Å². The van der Waals surface area contributed by atoms with Crippen LogP contribution in [0.15, 0.2) is 41.7 Å². The Morgan fingerprint density at radius 3 is 2.44 bits per heavy atom. The summed E-state index contributed by atoms with van der Waals surface area (Å²) in [6, 6.07) is 9.51. The van der Waals surface area contributed by atoms with E-state index in [4.69, 9.17) is 21.7 Å². The predicted molar refractivity (Wildman–Crippen MR) is 102 cm³/mol. The van der Waals surface area contributed by atoms with Gasteiger partial charge in [-0.1, -0.05) is 41.9 Å². The summed E-state index contributed by atoms with van der Waals surface area (Å²) >= 11 is 6.29. The molecular formula is C19H20ClN3O4. The number of hydrogen-bond donors (Lipinski definition) is 2. The fourth-order valence-corrected chi connectivity index (χ4v) is 2.92. The summed E-state index contributed by atoms with van der Waals surface area (Å²) in [6.45, 7) is 4.07. The van der Waals surface area contributed by atoms with Gasteiger partial charge in [0, 0.05) is 5.71 Å². The number of benzene rings is 1. The molecule has 0 aliphatic rings. The fourth-order valence-electron chi connectivity index (χ4n) is 2.61. The zero-order valence-corrected chi connectivity index (χ0v) is 16.0. The minimum absolute atomic E-state index is 0.0938. The summed E-state index contributed by atoms with van der Waals surface area (Å²) < 4.78 is 6.55. The molecule has 1 heterocycles. The van der Waals surface area contributed by atoms with Gasteiger partial charge in [-0.3, -0.25) is 4.79 Å². The molecule has 0 amide bonds. The van der Waals surface area contributed by atoms with Crippen LogP contribution >= 0.6 is 11.6 Å². The van der Waals surface area contributed by atoms with Crippen molar-refractivity contribution in [2.45, 2.75) is 27.3 Å². The van der Waals surface area contributed by atoms with E-state index in [9.17, 15) is 14.7 Å². The lowest BCUT2D eigenvalue weighted by atomic mass is 10.1. The summed E-state index contributed by atoms with van der Waals surface area (Å²) in [5.74, 6) is -1.73. The first-order valence-electron chi connectivity index (χ1n) is 8.14. The molecule has 0 unspecified atom stereocenters. The van der Waals surface area contributed by atoms with E-state index >= 15 is 0 Å². The zero-order valence-electron chi connectivity index (χ0n) is 15.2. The Balaban J connectivity index is 2.19. The van der Waals surface area contributed by atoms with Gasteiger partial charge in [0.25, 0.3) is 0 Å². The van der Waals surface area contributed by atoms with Crippen molar-refractivity contribution in [1.82, 2.24) is 9.78 Å². The Hall–Kier alpha value is -2.93. The second kappa shape index (κ2) is 8.64. The first-order valence-corrected chi connectivity index (χ1v) is 8.52. The number of allylic oxidation sites excluding steroid dienone is 1. The summed E-state index contributed by atoms with van der Waals surface area (Å²) in [4.78, 5) is 23.9. The molecule has 0 saturated heterocycles. The summed E-state index contributed by atoms with van der Waals surface area (Å²) in [7, 11) is 0. The number of ether oxygens (including phenoxy) is 1. The van der Waals surface area contributed by atoms with E-state index in [1.807, 2.05) is 30.3 Å². The van der Waals surface area contributed by atoms with Crippen LogP contribution in [0.25, 0.3) is 0 Å². The number of nitrogens with one attached hydrogen (secondary N) is 1. The van der Waals surface area contributed by atoms with Gasteiger partial charge >= 0.3 is 5.97 Å². The maximum atomic E-state index is 12.4. The van der Waals surface area contributed by atoms with E-state index in [0.717, 1.165) is 5.56 Å². The van der Waals surface area contributed by atoms with Gasteiger partial charge in [0.1, 0.15) is 23.1 Å². The number of carbonyl (C=O) groups excluding carboxylic acids is 2. The third-order valence-electron chi connectivity index (χ3n) is 3.80. The highest BCUT2D eigenvalue weighted by molar-refractivity contribution is 6.32. The average Bonchev–Trinajstić information content (AvgIpc) is 2.86. The van der Waals surface area contributed by atoms with Crippen LogP contribution < -0.4 is 0 Å². The van der Waals surface area contributed by atoms with Gasteiger partial charge in [-0.2, -0.15) is 5.10 Å². The number of Topliss-reactive ketones (excluding diaryl/α,β-unsaturated/α-hetero) is 1. The van der Waals surface area contributed by atoms with E-state index in [2.05, 4.69) is 5.10 Å². The van der Waals surface area contributed by atoms with E-state index in [-0.39, 0.29) is 22.0 Å². The van der Waals surface area contributed by atoms with Crippen molar-refractivity contribution in [2.24, 2.45) is 0 Å². The second-order valence-electron chi connectivity index (χ2n) is 5.97. The first-order chi connectivity index (χ1) is 12.7. The van der Waals surface area contributed by atoms with Crippen molar-refractivity contribution in [3.63, 3.8) is 0 Å². The Labute approximate surface area is 161 Å². The largest absolute Gasteiger partial charge is 0.508 e. The number of aryl methyl sites for hydroxylation is 1. The lowest BCUT2D eigenvalue weighted by Crippen LogP contribution is -2.15. The number of ketones is 1. The normalized spacial score (nSPS) is 11.7. The molecule has 0 spiro atoms. The summed E-state index contributed by atoms with van der Waals surface area (Å²) in [6.07, 6.45) is 0. The number of esters is 1. The molecule has 8 heteroatoms. The van der Waals surface area contributed by atoms with Crippen LogP contribution in [0.4, 0.5) is 0 Å². The Morgan fingerprint density at radius 2 is 1.89 bits per heavy atom. The van der Waals surface area contributed by atoms with Crippen molar-refractivity contribution < 1.29 is 19.4 Å². The quantitative estimate of drug-likeness (QED) is 0.326. The van der Waals surface area contributed by atoms with Crippen LogP contribution in [0.2, 0.25) is 5.15 Å². The highest BCUT2D eigenvalue weighted by atomic mass is 35.5. The maximum Gasteiger partial charge on any atom is 0.343 e. The molecule has 0 aliphatic carbocycles. The van der Waals surface area contributed by atoms with Gasteiger partial charge in [0.2, 0.25) is 0 Å². The van der Waals surface area contributed by atoms with Crippen molar-refractivity contribution in [1.29, 1.82) is 5.41 Å².